The van der Waals surface area contributed by atoms with Crippen LogP contribution in [0.2, 0.25) is 0 Å². The van der Waals surface area contributed by atoms with Gasteiger partial charge < -0.3 is 15.5 Å². The first-order chi connectivity index (χ1) is 10.6. The summed E-state index contributed by atoms with van der Waals surface area (Å²) >= 11 is 1.76. The Morgan fingerprint density at radius 1 is 1.27 bits per heavy atom. The molecule has 0 saturated carbocycles. The quantitative estimate of drug-likeness (QED) is 0.812. The minimum Gasteiger partial charge on any atom is -0.341 e. The molecule has 0 spiro atoms. The van der Waals surface area contributed by atoms with Gasteiger partial charge in [0.1, 0.15) is 0 Å². The third kappa shape index (κ3) is 5.14. The fourth-order valence-corrected chi connectivity index (χ4v) is 4.27. The molecule has 0 aromatic carbocycles. The van der Waals surface area contributed by atoms with Crippen LogP contribution in [0.15, 0.2) is 0 Å². The van der Waals surface area contributed by atoms with Crippen LogP contribution in [0.25, 0.3) is 0 Å². The van der Waals surface area contributed by atoms with Crippen LogP contribution < -0.4 is 5.73 Å². The van der Waals surface area contributed by atoms with E-state index in [1.807, 2.05) is 4.90 Å². The Morgan fingerprint density at radius 2 is 2.09 bits per heavy atom. The van der Waals surface area contributed by atoms with Gasteiger partial charge in [0, 0.05) is 25.7 Å². The zero-order valence-electron chi connectivity index (χ0n) is 14.3. The lowest BCUT2D eigenvalue weighted by Crippen LogP contribution is -2.50. The van der Waals surface area contributed by atoms with E-state index in [1.165, 1.54) is 32.2 Å². The van der Waals surface area contributed by atoms with Crippen LogP contribution in [0.5, 0.6) is 0 Å². The summed E-state index contributed by atoms with van der Waals surface area (Å²) in [5.41, 5.74) is 6.07. The van der Waals surface area contributed by atoms with Crippen LogP contribution in [0.4, 0.5) is 0 Å². The molecule has 22 heavy (non-hydrogen) atoms. The molecule has 5 heteroatoms. The largest absolute Gasteiger partial charge is 0.341 e. The number of nitrogens with two attached hydrogens (primary N) is 1. The summed E-state index contributed by atoms with van der Waals surface area (Å²) < 4.78 is 0. The summed E-state index contributed by atoms with van der Waals surface area (Å²) in [7, 11) is 0. The van der Waals surface area contributed by atoms with Crippen LogP contribution in [0, 0.1) is 5.92 Å². The molecule has 4 nitrogen and oxygen atoms in total. The van der Waals surface area contributed by atoms with Gasteiger partial charge in [-0.15, -0.1) is 0 Å². The number of rotatable bonds is 6. The molecule has 2 fully saturated rings. The van der Waals surface area contributed by atoms with Gasteiger partial charge in [0.25, 0.3) is 0 Å². The van der Waals surface area contributed by atoms with Gasteiger partial charge in [-0.1, -0.05) is 6.42 Å². The second kappa shape index (κ2) is 9.14. The summed E-state index contributed by atoms with van der Waals surface area (Å²) in [6, 6.07) is 0.406. The fourth-order valence-electron chi connectivity index (χ4n) is 3.78. The second-order valence-corrected chi connectivity index (χ2v) is 8.01. The first-order valence-electron chi connectivity index (χ1n) is 8.89. The lowest BCUT2D eigenvalue weighted by atomic mass is 9.94. The Hall–Kier alpha value is -0.260. The van der Waals surface area contributed by atoms with Crippen molar-refractivity contribution in [3.05, 3.63) is 0 Å². The zero-order valence-corrected chi connectivity index (χ0v) is 15.1. The number of carbonyl (C=O) groups excluding carboxylic acids is 1. The monoisotopic (exact) mass is 327 g/mol. The topological polar surface area (TPSA) is 49.6 Å². The molecular weight excluding hydrogens is 294 g/mol. The van der Waals surface area contributed by atoms with E-state index in [-0.39, 0.29) is 11.9 Å². The number of carbonyl (C=O) groups is 1. The third-order valence-electron chi connectivity index (χ3n) is 5.21. The van der Waals surface area contributed by atoms with Crippen molar-refractivity contribution in [2.45, 2.75) is 57.5 Å². The maximum absolute atomic E-state index is 12.5. The highest BCUT2D eigenvalue weighted by Crippen LogP contribution is 2.23. The molecule has 2 rings (SSSR count). The maximum Gasteiger partial charge on any atom is 0.239 e. The average molecular weight is 328 g/mol. The standard InChI is InChI=1S/C17H33N3OS/c1-14-6-3-4-9-19(14)12-15-7-5-10-20(13-15)17(21)16(18)8-11-22-2/h14-16H,3-13,18H2,1-2H3/t14-,15-,16+/m1/s1. The van der Waals surface area contributed by atoms with E-state index in [2.05, 4.69) is 18.1 Å². The normalized spacial score (nSPS) is 28.6. The number of nitrogens with zero attached hydrogens (tertiary/aromatic N) is 2. The molecule has 0 unspecified atom stereocenters. The molecule has 128 valence electrons. The van der Waals surface area contributed by atoms with E-state index >= 15 is 0 Å². The number of amides is 1. The maximum atomic E-state index is 12.5. The lowest BCUT2D eigenvalue weighted by Gasteiger charge is -2.40. The summed E-state index contributed by atoms with van der Waals surface area (Å²) in [6.07, 6.45) is 9.28. The molecule has 1 amide bonds. The smallest absolute Gasteiger partial charge is 0.239 e. The molecule has 2 N–H and O–H groups in total. The van der Waals surface area contributed by atoms with Crippen LogP contribution in [-0.2, 0) is 4.79 Å². The van der Waals surface area contributed by atoms with Crippen molar-refractivity contribution in [3.63, 3.8) is 0 Å². The molecule has 2 aliphatic rings. The predicted molar refractivity (Wildman–Crippen MR) is 95.2 cm³/mol. The van der Waals surface area contributed by atoms with Crippen molar-refractivity contribution < 1.29 is 4.79 Å². The zero-order chi connectivity index (χ0) is 15.9. The molecule has 0 aromatic rings. The van der Waals surface area contributed by atoms with Gasteiger partial charge in [0.2, 0.25) is 5.91 Å². The van der Waals surface area contributed by atoms with E-state index in [1.54, 1.807) is 11.8 Å². The molecule has 0 radical (unpaired) electrons. The first kappa shape index (κ1) is 18.1. The third-order valence-corrected chi connectivity index (χ3v) is 5.86. The minimum absolute atomic E-state index is 0.172. The van der Waals surface area contributed by atoms with Crippen LogP contribution >= 0.6 is 11.8 Å². The molecule has 0 aliphatic carbocycles. The van der Waals surface area contributed by atoms with Crippen LogP contribution in [0.3, 0.4) is 0 Å². The van der Waals surface area contributed by atoms with Gasteiger partial charge in [0.15, 0.2) is 0 Å². The van der Waals surface area contributed by atoms with Gasteiger partial charge in [-0.2, -0.15) is 11.8 Å². The molecule has 0 bridgehead atoms. The van der Waals surface area contributed by atoms with Gasteiger partial charge in [-0.05, 0) is 63.5 Å². The number of thioether (sulfide) groups is 1. The molecule has 2 aliphatic heterocycles. The van der Waals surface area contributed by atoms with E-state index in [0.717, 1.165) is 38.2 Å². The highest BCUT2D eigenvalue weighted by molar-refractivity contribution is 7.98. The summed E-state index contributed by atoms with van der Waals surface area (Å²) in [5, 5.41) is 0. The predicted octanol–water partition coefficient (Wildman–Crippen LogP) is 2.18. The SMILES string of the molecule is CSCC[C@H](N)C(=O)N1CCC[C@H](CN2CCCC[C@H]2C)C1. The van der Waals surface area contributed by atoms with Crippen molar-refractivity contribution in [2.24, 2.45) is 11.7 Å². The average Bonchev–Trinajstić information content (AvgIpc) is 2.54. The van der Waals surface area contributed by atoms with Crippen molar-refractivity contribution in [3.8, 4) is 0 Å². The van der Waals surface area contributed by atoms with Gasteiger partial charge in [-0.3, -0.25) is 4.79 Å². The molecule has 2 heterocycles. The van der Waals surface area contributed by atoms with E-state index in [9.17, 15) is 4.79 Å². The molecular formula is C17H33N3OS. The summed E-state index contributed by atoms with van der Waals surface area (Å²) in [6.45, 7) is 6.56. The second-order valence-electron chi connectivity index (χ2n) is 7.02. The molecule has 2 saturated heterocycles. The number of hydrogen-bond acceptors (Lipinski definition) is 4. The van der Waals surface area contributed by atoms with Crippen LogP contribution in [-0.4, -0.2) is 66.0 Å². The van der Waals surface area contributed by atoms with E-state index < -0.39 is 0 Å². The minimum atomic E-state index is -0.305. The Kier molecular flexibility index (Phi) is 7.51. The lowest BCUT2D eigenvalue weighted by molar-refractivity contribution is -0.134. The van der Waals surface area contributed by atoms with Crippen LogP contribution in [0.1, 0.15) is 45.4 Å². The van der Waals surface area contributed by atoms with Crippen molar-refractivity contribution in [1.82, 2.24) is 9.80 Å². The highest BCUT2D eigenvalue weighted by atomic mass is 32.2. The molecule has 0 aromatic heterocycles. The number of piperidine rings is 2. The Morgan fingerprint density at radius 3 is 2.82 bits per heavy atom. The number of hydrogen-bond donors (Lipinski definition) is 1. The van der Waals surface area contributed by atoms with Crippen molar-refractivity contribution in [2.75, 3.05) is 38.2 Å². The summed E-state index contributed by atoms with van der Waals surface area (Å²) in [4.78, 5) is 17.2. The Bertz CT molecular complexity index is 353. The summed E-state index contributed by atoms with van der Waals surface area (Å²) in [5.74, 6) is 1.77. The van der Waals surface area contributed by atoms with E-state index in [4.69, 9.17) is 5.73 Å². The Labute approximate surface area is 140 Å². The van der Waals surface area contributed by atoms with Gasteiger partial charge in [-0.25, -0.2) is 0 Å². The fraction of sp³-hybridized carbons (Fsp3) is 0.941. The van der Waals surface area contributed by atoms with Gasteiger partial charge in [0.05, 0.1) is 6.04 Å². The van der Waals surface area contributed by atoms with E-state index in [0.29, 0.717) is 12.0 Å². The Balaban J connectivity index is 1.81. The number of likely N-dealkylation sites (tertiary alicyclic amines) is 2. The van der Waals surface area contributed by atoms with Crippen molar-refractivity contribution in [1.29, 1.82) is 0 Å². The van der Waals surface area contributed by atoms with Crippen molar-refractivity contribution >= 4 is 17.7 Å². The molecule has 3 atom stereocenters. The van der Waals surface area contributed by atoms with Gasteiger partial charge >= 0.3 is 0 Å². The highest BCUT2D eigenvalue weighted by Gasteiger charge is 2.29. The first-order valence-corrected chi connectivity index (χ1v) is 10.3.